The number of nitrogens with one attached hydrogen (secondary N) is 1. The van der Waals surface area contributed by atoms with Gasteiger partial charge in [0.25, 0.3) is 0 Å². The zero-order valence-corrected chi connectivity index (χ0v) is 21.9. The summed E-state index contributed by atoms with van der Waals surface area (Å²) in [6.07, 6.45) is 2.63. The second-order valence-corrected chi connectivity index (χ2v) is 9.74. The molecule has 5 rings (SSSR count). The Balaban J connectivity index is 0.00000320. The Morgan fingerprint density at radius 1 is 1.00 bits per heavy atom. The minimum Gasteiger partial charge on any atom is -0.490 e. The van der Waals surface area contributed by atoms with Crippen molar-refractivity contribution in [2.45, 2.75) is 50.7 Å². The summed E-state index contributed by atoms with van der Waals surface area (Å²) in [6.45, 7) is 3.09. The van der Waals surface area contributed by atoms with Crippen LogP contribution in [-0.2, 0) is 11.2 Å². The number of carbonyl (C=O) groups is 1. The first-order valence-electron chi connectivity index (χ1n) is 12.9. The van der Waals surface area contributed by atoms with E-state index in [1.165, 1.54) is 27.5 Å². The van der Waals surface area contributed by atoms with E-state index in [-0.39, 0.29) is 36.9 Å². The molecule has 0 amide bonds. The number of aliphatic carboxylic acids is 1. The summed E-state index contributed by atoms with van der Waals surface area (Å²) < 4.78 is 6.43. The predicted molar refractivity (Wildman–Crippen MR) is 152 cm³/mol. The highest BCUT2D eigenvalue weighted by molar-refractivity contribution is 5.86. The molecule has 0 saturated heterocycles. The molecular weight excluding hydrogens is 482 g/mol. The maximum atomic E-state index is 11.0. The van der Waals surface area contributed by atoms with Crippen LogP contribution >= 0.6 is 12.4 Å². The Labute approximate surface area is 225 Å². The second-order valence-electron chi connectivity index (χ2n) is 9.74. The van der Waals surface area contributed by atoms with Crippen molar-refractivity contribution in [3.05, 3.63) is 113 Å². The lowest BCUT2D eigenvalue weighted by atomic mass is 9.83. The third kappa shape index (κ3) is 6.33. The Kier molecular flexibility index (Phi) is 8.86. The van der Waals surface area contributed by atoms with Crippen molar-refractivity contribution >= 4 is 29.1 Å². The number of hydrogen-bond acceptors (Lipinski definition) is 3. The summed E-state index contributed by atoms with van der Waals surface area (Å²) >= 11 is 0. The van der Waals surface area contributed by atoms with Crippen molar-refractivity contribution < 1.29 is 14.6 Å². The quantitative estimate of drug-likeness (QED) is 0.245. The maximum absolute atomic E-state index is 11.0. The summed E-state index contributed by atoms with van der Waals surface area (Å²) in [6, 6.07) is 32.0. The molecule has 0 bridgehead atoms. The lowest BCUT2D eigenvalue weighted by Crippen LogP contribution is -2.31. The van der Waals surface area contributed by atoms with Crippen LogP contribution in [0.3, 0.4) is 0 Å². The van der Waals surface area contributed by atoms with Gasteiger partial charge in [-0.2, -0.15) is 0 Å². The number of rotatable bonds is 9. The van der Waals surface area contributed by atoms with Crippen molar-refractivity contribution in [3.8, 4) is 5.75 Å². The van der Waals surface area contributed by atoms with E-state index in [9.17, 15) is 4.79 Å². The molecule has 1 aliphatic heterocycles. The van der Waals surface area contributed by atoms with Crippen LogP contribution in [0.15, 0.2) is 91.0 Å². The van der Waals surface area contributed by atoms with Crippen LogP contribution in [0.4, 0.5) is 0 Å². The monoisotopic (exact) mass is 515 g/mol. The molecule has 2 unspecified atom stereocenters. The summed E-state index contributed by atoms with van der Waals surface area (Å²) in [7, 11) is 0. The second kappa shape index (κ2) is 12.3. The molecule has 0 radical (unpaired) electrons. The van der Waals surface area contributed by atoms with Gasteiger partial charge in [0, 0.05) is 23.9 Å². The Bertz CT molecular complexity index is 1350. The van der Waals surface area contributed by atoms with Crippen LogP contribution in [-0.4, -0.2) is 23.7 Å². The maximum Gasteiger partial charge on any atom is 0.303 e. The van der Waals surface area contributed by atoms with Crippen molar-refractivity contribution in [2.75, 3.05) is 6.54 Å². The fourth-order valence-corrected chi connectivity index (χ4v) is 5.40. The molecule has 0 spiro atoms. The number of aryl methyl sites for hydroxylation is 1. The van der Waals surface area contributed by atoms with E-state index in [0.29, 0.717) is 6.42 Å². The lowest BCUT2D eigenvalue weighted by molar-refractivity contribution is -0.136. The topological polar surface area (TPSA) is 58.6 Å². The molecule has 1 heterocycles. The molecule has 0 saturated carbocycles. The van der Waals surface area contributed by atoms with Gasteiger partial charge < -0.3 is 15.2 Å². The van der Waals surface area contributed by atoms with Crippen molar-refractivity contribution in [3.63, 3.8) is 0 Å². The minimum atomic E-state index is -0.762. The third-order valence-corrected chi connectivity index (χ3v) is 7.27. The fourth-order valence-electron chi connectivity index (χ4n) is 5.40. The van der Waals surface area contributed by atoms with Crippen molar-refractivity contribution in [2.24, 2.45) is 0 Å². The Morgan fingerprint density at radius 2 is 1.76 bits per heavy atom. The summed E-state index contributed by atoms with van der Waals surface area (Å²) in [5.74, 6) is 0.430. The van der Waals surface area contributed by atoms with Crippen LogP contribution < -0.4 is 10.1 Å². The Hall–Kier alpha value is -3.34. The van der Waals surface area contributed by atoms with Gasteiger partial charge in [0.2, 0.25) is 0 Å². The summed E-state index contributed by atoms with van der Waals surface area (Å²) in [4.78, 5) is 11.0. The van der Waals surface area contributed by atoms with E-state index in [1.54, 1.807) is 0 Å². The van der Waals surface area contributed by atoms with E-state index < -0.39 is 5.97 Å². The van der Waals surface area contributed by atoms with Gasteiger partial charge in [-0.1, -0.05) is 84.9 Å². The van der Waals surface area contributed by atoms with E-state index in [4.69, 9.17) is 9.84 Å². The minimum absolute atomic E-state index is 0. The van der Waals surface area contributed by atoms with Gasteiger partial charge in [0.1, 0.15) is 11.9 Å². The van der Waals surface area contributed by atoms with E-state index in [0.717, 1.165) is 30.7 Å². The number of carboxylic acid groups (broad SMARTS) is 1. The molecular formula is C32H34ClNO3. The first kappa shape index (κ1) is 26.7. The highest BCUT2D eigenvalue weighted by Gasteiger charge is 2.29. The van der Waals surface area contributed by atoms with Crippen LogP contribution in [0.5, 0.6) is 5.75 Å². The van der Waals surface area contributed by atoms with Gasteiger partial charge >= 0.3 is 5.97 Å². The molecule has 5 heteroatoms. The number of benzene rings is 4. The number of carboxylic acids is 1. The van der Waals surface area contributed by atoms with E-state index in [1.807, 2.05) is 18.2 Å². The smallest absolute Gasteiger partial charge is 0.303 e. The highest BCUT2D eigenvalue weighted by atomic mass is 35.5. The first-order chi connectivity index (χ1) is 17.6. The molecule has 4 nitrogen and oxygen atoms in total. The van der Waals surface area contributed by atoms with Crippen LogP contribution in [0.2, 0.25) is 0 Å². The average Bonchev–Trinajstić information content (AvgIpc) is 2.91. The number of fused-ring (bicyclic) bond motifs is 2. The molecule has 1 aliphatic rings. The molecule has 37 heavy (non-hydrogen) atoms. The number of halogens is 1. The first-order valence-corrected chi connectivity index (χ1v) is 12.9. The van der Waals surface area contributed by atoms with Gasteiger partial charge in [0.15, 0.2) is 0 Å². The molecule has 192 valence electrons. The SMILES string of the molecule is C[C@@H](NCCC1CC(c2cccc(CCC(=O)O)c2)c2ccccc2O1)c1cccc2ccccc12.Cl. The molecule has 0 fully saturated rings. The van der Waals surface area contributed by atoms with Crippen LogP contribution in [0.1, 0.15) is 60.4 Å². The molecule has 0 aromatic heterocycles. The molecule has 3 atom stereocenters. The van der Waals surface area contributed by atoms with Crippen molar-refractivity contribution in [1.82, 2.24) is 5.32 Å². The van der Waals surface area contributed by atoms with Crippen LogP contribution in [0, 0.1) is 0 Å². The highest BCUT2D eigenvalue weighted by Crippen LogP contribution is 2.41. The van der Waals surface area contributed by atoms with Gasteiger partial charge in [-0.05, 0) is 66.3 Å². The lowest BCUT2D eigenvalue weighted by Gasteiger charge is -2.33. The third-order valence-electron chi connectivity index (χ3n) is 7.27. The van der Waals surface area contributed by atoms with E-state index >= 15 is 0 Å². The zero-order valence-electron chi connectivity index (χ0n) is 21.1. The standard InChI is InChI=1S/C32H33NO3.ClH/c1-22(27-14-7-10-24-9-2-3-12-28(24)27)33-19-18-26-21-30(29-13-4-5-15-31(29)36-26)25-11-6-8-23(20-25)16-17-32(34)35;/h2-15,20,22,26,30,33H,16-19,21H2,1H3,(H,34,35);1H/t22-,26?,30?;/m1./s1. The van der Waals surface area contributed by atoms with Gasteiger partial charge in [0.05, 0.1) is 0 Å². The van der Waals surface area contributed by atoms with Gasteiger partial charge in [-0.3, -0.25) is 4.79 Å². The normalized spacial score (nSPS) is 17.3. The molecule has 4 aromatic carbocycles. The van der Waals surface area contributed by atoms with Gasteiger partial charge in [-0.15, -0.1) is 12.4 Å². The predicted octanol–water partition coefficient (Wildman–Crippen LogP) is 7.30. The number of hydrogen-bond donors (Lipinski definition) is 2. The van der Waals surface area contributed by atoms with E-state index in [2.05, 4.69) is 85.0 Å². The van der Waals surface area contributed by atoms with Crippen LogP contribution in [0.25, 0.3) is 10.8 Å². The summed E-state index contributed by atoms with van der Waals surface area (Å²) in [5.41, 5.74) is 4.83. The Morgan fingerprint density at radius 3 is 2.62 bits per heavy atom. The number of ether oxygens (including phenoxy) is 1. The fraction of sp³-hybridized carbons (Fsp3) is 0.281. The molecule has 2 N–H and O–H groups in total. The largest absolute Gasteiger partial charge is 0.490 e. The zero-order chi connectivity index (χ0) is 24.9. The van der Waals surface area contributed by atoms with Gasteiger partial charge in [-0.25, -0.2) is 0 Å². The number of para-hydroxylation sites is 1. The molecule has 0 aliphatic carbocycles. The van der Waals surface area contributed by atoms with Crippen molar-refractivity contribution in [1.29, 1.82) is 0 Å². The summed E-state index contributed by atoms with van der Waals surface area (Å²) in [5, 5.41) is 15.4. The average molecular weight is 516 g/mol. The molecule has 4 aromatic rings.